The standard InChI is InChI=1S/C8H14N2O/c1-9(2)7-5-11-6-8(7)10(3)4/h5-6H,1-4H3. The summed E-state index contributed by atoms with van der Waals surface area (Å²) in [4.78, 5) is 4.05. The van der Waals surface area contributed by atoms with Gasteiger partial charge in [-0.15, -0.1) is 0 Å². The van der Waals surface area contributed by atoms with Crippen LogP contribution in [-0.2, 0) is 0 Å². The second-order valence-electron chi connectivity index (χ2n) is 2.93. The molecular formula is C8H14N2O. The van der Waals surface area contributed by atoms with Crippen LogP contribution in [0.15, 0.2) is 16.9 Å². The first-order chi connectivity index (χ1) is 5.13. The first-order valence-corrected chi connectivity index (χ1v) is 3.53. The topological polar surface area (TPSA) is 19.6 Å². The number of furan rings is 1. The van der Waals surface area contributed by atoms with Crippen LogP contribution in [0.3, 0.4) is 0 Å². The van der Waals surface area contributed by atoms with Crippen molar-refractivity contribution in [2.45, 2.75) is 0 Å². The summed E-state index contributed by atoms with van der Waals surface area (Å²) in [5, 5.41) is 0. The first-order valence-electron chi connectivity index (χ1n) is 3.53. The summed E-state index contributed by atoms with van der Waals surface area (Å²) < 4.78 is 5.08. The Morgan fingerprint density at radius 2 is 1.27 bits per heavy atom. The summed E-state index contributed by atoms with van der Waals surface area (Å²) in [5.41, 5.74) is 2.21. The van der Waals surface area contributed by atoms with E-state index in [1.54, 1.807) is 12.5 Å². The Balaban J connectivity index is 2.96. The van der Waals surface area contributed by atoms with Crippen molar-refractivity contribution in [3.8, 4) is 0 Å². The monoisotopic (exact) mass is 154 g/mol. The van der Waals surface area contributed by atoms with E-state index in [9.17, 15) is 0 Å². The van der Waals surface area contributed by atoms with Crippen LogP contribution in [0.4, 0.5) is 11.4 Å². The molecule has 3 nitrogen and oxygen atoms in total. The Hall–Kier alpha value is -1.12. The van der Waals surface area contributed by atoms with E-state index in [1.807, 2.05) is 38.0 Å². The molecule has 11 heavy (non-hydrogen) atoms. The van der Waals surface area contributed by atoms with Crippen molar-refractivity contribution in [3.63, 3.8) is 0 Å². The lowest BCUT2D eigenvalue weighted by Gasteiger charge is -2.16. The maximum Gasteiger partial charge on any atom is 0.116 e. The Kier molecular flexibility index (Phi) is 2.08. The fourth-order valence-corrected chi connectivity index (χ4v) is 0.953. The van der Waals surface area contributed by atoms with E-state index in [0.29, 0.717) is 0 Å². The third kappa shape index (κ3) is 1.48. The van der Waals surface area contributed by atoms with E-state index in [1.165, 1.54) is 0 Å². The van der Waals surface area contributed by atoms with Gasteiger partial charge in [0.1, 0.15) is 12.5 Å². The molecule has 0 spiro atoms. The van der Waals surface area contributed by atoms with Gasteiger partial charge in [0.2, 0.25) is 0 Å². The molecule has 0 aliphatic rings. The fourth-order valence-electron chi connectivity index (χ4n) is 0.953. The van der Waals surface area contributed by atoms with Crippen LogP contribution in [0.1, 0.15) is 0 Å². The average molecular weight is 154 g/mol. The molecule has 62 valence electrons. The molecule has 1 heterocycles. The zero-order valence-corrected chi connectivity index (χ0v) is 7.46. The van der Waals surface area contributed by atoms with Gasteiger partial charge in [-0.3, -0.25) is 0 Å². The van der Waals surface area contributed by atoms with Gasteiger partial charge in [0.15, 0.2) is 0 Å². The van der Waals surface area contributed by atoms with Crippen molar-refractivity contribution in [2.75, 3.05) is 38.0 Å². The molecule has 0 unspecified atom stereocenters. The molecule has 0 atom stereocenters. The summed E-state index contributed by atoms with van der Waals surface area (Å²) in [5.74, 6) is 0. The molecule has 3 heteroatoms. The quantitative estimate of drug-likeness (QED) is 0.642. The second kappa shape index (κ2) is 2.86. The third-order valence-corrected chi connectivity index (χ3v) is 1.59. The maximum atomic E-state index is 5.08. The number of rotatable bonds is 2. The predicted molar refractivity (Wildman–Crippen MR) is 47.4 cm³/mol. The number of nitrogens with zero attached hydrogens (tertiary/aromatic N) is 2. The zero-order chi connectivity index (χ0) is 8.43. The van der Waals surface area contributed by atoms with Gasteiger partial charge in [-0.1, -0.05) is 0 Å². The Morgan fingerprint density at radius 1 is 0.909 bits per heavy atom. The molecule has 0 bridgehead atoms. The second-order valence-corrected chi connectivity index (χ2v) is 2.93. The molecular weight excluding hydrogens is 140 g/mol. The van der Waals surface area contributed by atoms with Crippen LogP contribution in [0.5, 0.6) is 0 Å². The lowest BCUT2D eigenvalue weighted by atomic mass is 10.4. The highest BCUT2D eigenvalue weighted by atomic mass is 16.3. The van der Waals surface area contributed by atoms with Crippen LogP contribution >= 0.6 is 0 Å². The van der Waals surface area contributed by atoms with Crippen molar-refractivity contribution >= 4 is 11.4 Å². The minimum atomic E-state index is 1.11. The van der Waals surface area contributed by atoms with Gasteiger partial charge in [0, 0.05) is 28.2 Å². The smallest absolute Gasteiger partial charge is 0.116 e. The number of hydrogen-bond donors (Lipinski definition) is 0. The highest BCUT2D eigenvalue weighted by Crippen LogP contribution is 2.27. The molecule has 1 aromatic rings. The van der Waals surface area contributed by atoms with Gasteiger partial charge in [0.05, 0.1) is 11.4 Å². The molecule has 0 saturated heterocycles. The molecule has 0 aliphatic heterocycles. The Labute approximate surface area is 67.2 Å². The minimum absolute atomic E-state index is 1.11. The molecule has 0 aliphatic carbocycles. The summed E-state index contributed by atoms with van der Waals surface area (Å²) >= 11 is 0. The van der Waals surface area contributed by atoms with Crippen LogP contribution in [-0.4, -0.2) is 28.2 Å². The zero-order valence-electron chi connectivity index (χ0n) is 7.46. The summed E-state index contributed by atoms with van der Waals surface area (Å²) in [6.07, 6.45) is 3.49. The van der Waals surface area contributed by atoms with Gasteiger partial charge < -0.3 is 14.2 Å². The van der Waals surface area contributed by atoms with Gasteiger partial charge in [-0.25, -0.2) is 0 Å². The van der Waals surface area contributed by atoms with Gasteiger partial charge in [-0.05, 0) is 0 Å². The van der Waals surface area contributed by atoms with Gasteiger partial charge >= 0.3 is 0 Å². The normalized spacial score (nSPS) is 9.82. The Bertz CT molecular complexity index is 205. The first kappa shape index (κ1) is 7.98. The predicted octanol–water partition coefficient (Wildman–Crippen LogP) is 1.41. The fraction of sp³-hybridized carbons (Fsp3) is 0.500. The van der Waals surface area contributed by atoms with Crippen molar-refractivity contribution < 1.29 is 4.42 Å². The van der Waals surface area contributed by atoms with Crippen molar-refractivity contribution in [1.29, 1.82) is 0 Å². The van der Waals surface area contributed by atoms with Crippen molar-refractivity contribution in [2.24, 2.45) is 0 Å². The molecule has 0 aromatic carbocycles. The average Bonchev–Trinajstić information content (AvgIpc) is 2.32. The molecule has 0 radical (unpaired) electrons. The number of hydrogen-bond acceptors (Lipinski definition) is 3. The summed E-state index contributed by atoms with van der Waals surface area (Å²) in [6.45, 7) is 0. The SMILES string of the molecule is CN(C)c1cocc1N(C)C. The molecule has 0 saturated carbocycles. The van der Waals surface area contributed by atoms with Gasteiger partial charge in [-0.2, -0.15) is 0 Å². The molecule has 1 rings (SSSR count). The van der Waals surface area contributed by atoms with E-state index in [4.69, 9.17) is 4.42 Å². The molecule has 0 fully saturated rings. The highest BCUT2D eigenvalue weighted by Gasteiger charge is 2.07. The van der Waals surface area contributed by atoms with E-state index in [-0.39, 0.29) is 0 Å². The van der Waals surface area contributed by atoms with Crippen LogP contribution in [0, 0.1) is 0 Å². The van der Waals surface area contributed by atoms with Crippen LogP contribution < -0.4 is 9.80 Å². The van der Waals surface area contributed by atoms with E-state index in [0.717, 1.165) is 11.4 Å². The highest BCUT2D eigenvalue weighted by molar-refractivity contribution is 5.68. The van der Waals surface area contributed by atoms with Crippen molar-refractivity contribution in [1.82, 2.24) is 0 Å². The third-order valence-electron chi connectivity index (χ3n) is 1.59. The van der Waals surface area contributed by atoms with Crippen molar-refractivity contribution in [3.05, 3.63) is 12.5 Å². The van der Waals surface area contributed by atoms with Crippen LogP contribution in [0.25, 0.3) is 0 Å². The lowest BCUT2D eigenvalue weighted by Crippen LogP contribution is -2.14. The Morgan fingerprint density at radius 3 is 1.55 bits per heavy atom. The largest absolute Gasteiger partial charge is 0.468 e. The molecule has 0 amide bonds. The van der Waals surface area contributed by atoms with E-state index in [2.05, 4.69) is 0 Å². The van der Waals surface area contributed by atoms with E-state index >= 15 is 0 Å². The van der Waals surface area contributed by atoms with Gasteiger partial charge in [0.25, 0.3) is 0 Å². The summed E-state index contributed by atoms with van der Waals surface area (Å²) in [6, 6.07) is 0. The molecule has 1 aromatic heterocycles. The molecule has 0 N–H and O–H groups in total. The number of anilines is 2. The summed E-state index contributed by atoms with van der Waals surface area (Å²) in [7, 11) is 7.99. The minimum Gasteiger partial charge on any atom is -0.468 e. The maximum absolute atomic E-state index is 5.08. The lowest BCUT2D eigenvalue weighted by molar-refractivity contribution is 0.567. The van der Waals surface area contributed by atoms with E-state index < -0.39 is 0 Å². The van der Waals surface area contributed by atoms with Crippen LogP contribution in [0.2, 0.25) is 0 Å².